The van der Waals surface area contributed by atoms with Crippen molar-refractivity contribution in [2.75, 3.05) is 0 Å². The van der Waals surface area contributed by atoms with Crippen LogP contribution in [-0.2, 0) is 4.74 Å². The molecule has 0 amide bonds. The topological polar surface area (TPSA) is 18.5 Å². The minimum Gasteiger partial charge on any atom is -0.487 e. The average molecular weight is 370 g/mol. The Balaban J connectivity index is 1.55. The third-order valence-corrected chi connectivity index (χ3v) is 6.28. The molecule has 2 aliphatic heterocycles. The van der Waals surface area contributed by atoms with Crippen LogP contribution in [0.4, 0.5) is 0 Å². The summed E-state index contributed by atoms with van der Waals surface area (Å²) >= 11 is 0. The molecule has 0 aromatic heterocycles. The summed E-state index contributed by atoms with van der Waals surface area (Å²) in [7, 11) is 0. The highest BCUT2D eigenvalue weighted by Crippen LogP contribution is 2.53. The second-order valence-corrected chi connectivity index (χ2v) is 8.46. The largest absolute Gasteiger partial charge is 0.487 e. The van der Waals surface area contributed by atoms with Crippen molar-refractivity contribution < 1.29 is 9.47 Å². The molecule has 0 unspecified atom stereocenters. The van der Waals surface area contributed by atoms with E-state index in [9.17, 15) is 0 Å². The Morgan fingerprint density at radius 2 is 1.50 bits per heavy atom. The van der Waals surface area contributed by atoms with Crippen LogP contribution in [0.5, 0.6) is 5.75 Å². The van der Waals surface area contributed by atoms with Crippen LogP contribution in [0, 0.1) is 5.92 Å². The Bertz CT molecular complexity index is 962. The van der Waals surface area contributed by atoms with Crippen LogP contribution >= 0.6 is 0 Å². The Hall–Kier alpha value is -2.58. The molecule has 1 fully saturated rings. The first kappa shape index (κ1) is 17.5. The lowest BCUT2D eigenvalue weighted by atomic mass is 9.74. The molecule has 0 bridgehead atoms. The van der Waals surface area contributed by atoms with Gasteiger partial charge in [0.2, 0.25) is 0 Å². The molecule has 0 N–H and O–H groups in total. The molecule has 142 valence electrons. The first-order valence-corrected chi connectivity index (χ1v) is 10.2. The molecule has 2 aliphatic rings. The monoisotopic (exact) mass is 370 g/mol. The predicted octanol–water partition coefficient (Wildman–Crippen LogP) is 6.73. The summed E-state index contributed by atoms with van der Waals surface area (Å²) < 4.78 is 13.2. The van der Waals surface area contributed by atoms with E-state index in [0.717, 1.165) is 18.6 Å². The molecule has 3 atom stereocenters. The zero-order chi connectivity index (χ0) is 19.1. The molecule has 2 heteroatoms. The zero-order valence-corrected chi connectivity index (χ0v) is 16.5. The van der Waals surface area contributed by atoms with Crippen LogP contribution in [0.25, 0.3) is 11.1 Å². The molecule has 3 aromatic carbocycles. The zero-order valence-electron chi connectivity index (χ0n) is 16.5. The molecule has 0 aliphatic carbocycles. The van der Waals surface area contributed by atoms with Crippen molar-refractivity contribution in [3.63, 3.8) is 0 Å². The summed E-state index contributed by atoms with van der Waals surface area (Å²) in [6.45, 7) is 4.40. The highest BCUT2D eigenvalue weighted by atomic mass is 16.5. The fraction of sp³-hybridized carbons (Fsp3) is 0.308. The van der Waals surface area contributed by atoms with E-state index in [1.54, 1.807) is 0 Å². The molecule has 1 saturated heterocycles. The second-order valence-electron chi connectivity index (χ2n) is 8.46. The van der Waals surface area contributed by atoms with Gasteiger partial charge in [-0.15, -0.1) is 0 Å². The molecule has 5 rings (SSSR count). The van der Waals surface area contributed by atoms with Crippen LogP contribution in [0.1, 0.15) is 50.0 Å². The van der Waals surface area contributed by atoms with E-state index >= 15 is 0 Å². The molecular formula is C26H26O2. The van der Waals surface area contributed by atoms with E-state index in [1.165, 1.54) is 22.3 Å². The van der Waals surface area contributed by atoms with E-state index in [0.29, 0.717) is 5.92 Å². The average Bonchev–Trinajstić information content (AvgIpc) is 2.74. The summed E-state index contributed by atoms with van der Waals surface area (Å²) in [5.74, 6) is 1.31. The van der Waals surface area contributed by atoms with E-state index in [-0.39, 0.29) is 17.8 Å². The van der Waals surface area contributed by atoms with Gasteiger partial charge < -0.3 is 9.47 Å². The maximum Gasteiger partial charge on any atom is 0.125 e. The van der Waals surface area contributed by atoms with Crippen LogP contribution in [0.15, 0.2) is 78.9 Å². The Morgan fingerprint density at radius 1 is 0.786 bits per heavy atom. The van der Waals surface area contributed by atoms with E-state index in [1.807, 2.05) is 0 Å². The Labute approximate surface area is 167 Å². The van der Waals surface area contributed by atoms with Crippen molar-refractivity contribution in [2.45, 2.75) is 44.5 Å². The van der Waals surface area contributed by atoms with Gasteiger partial charge in [-0.05, 0) is 55.5 Å². The van der Waals surface area contributed by atoms with Gasteiger partial charge in [-0.25, -0.2) is 0 Å². The minimum atomic E-state index is -0.229. The summed E-state index contributed by atoms with van der Waals surface area (Å²) in [6.07, 6.45) is 2.34. The molecule has 2 nitrogen and oxygen atoms in total. The molecule has 2 heterocycles. The van der Waals surface area contributed by atoms with Crippen molar-refractivity contribution in [3.05, 3.63) is 90.0 Å². The van der Waals surface area contributed by atoms with Crippen LogP contribution < -0.4 is 4.74 Å². The van der Waals surface area contributed by atoms with Crippen molar-refractivity contribution in [1.82, 2.24) is 0 Å². The van der Waals surface area contributed by atoms with Gasteiger partial charge in [0.15, 0.2) is 0 Å². The number of hydrogen-bond donors (Lipinski definition) is 0. The quantitative estimate of drug-likeness (QED) is 0.498. The van der Waals surface area contributed by atoms with E-state index in [2.05, 4.69) is 92.7 Å². The van der Waals surface area contributed by atoms with Gasteiger partial charge in [0.25, 0.3) is 0 Å². The third-order valence-electron chi connectivity index (χ3n) is 6.28. The predicted molar refractivity (Wildman–Crippen MR) is 112 cm³/mol. The number of hydrogen-bond acceptors (Lipinski definition) is 2. The normalized spacial score (nSPS) is 25.3. The van der Waals surface area contributed by atoms with Crippen LogP contribution in [-0.4, -0.2) is 5.60 Å². The highest BCUT2D eigenvalue weighted by molar-refractivity contribution is 5.66. The summed E-state index contributed by atoms with van der Waals surface area (Å²) in [4.78, 5) is 0. The highest BCUT2D eigenvalue weighted by Gasteiger charge is 2.47. The van der Waals surface area contributed by atoms with Gasteiger partial charge in [-0.2, -0.15) is 0 Å². The van der Waals surface area contributed by atoms with Crippen molar-refractivity contribution in [3.8, 4) is 16.9 Å². The van der Waals surface area contributed by atoms with Crippen LogP contribution in [0.2, 0.25) is 0 Å². The number of benzene rings is 3. The van der Waals surface area contributed by atoms with Gasteiger partial charge in [0.05, 0.1) is 12.2 Å². The summed E-state index contributed by atoms with van der Waals surface area (Å²) in [6, 6.07) is 27.7. The van der Waals surface area contributed by atoms with Gasteiger partial charge in [-0.3, -0.25) is 0 Å². The molecule has 0 spiro atoms. The lowest BCUT2D eigenvalue weighted by Crippen LogP contribution is -2.47. The van der Waals surface area contributed by atoms with Gasteiger partial charge in [-0.1, -0.05) is 66.7 Å². The van der Waals surface area contributed by atoms with Crippen molar-refractivity contribution in [2.24, 2.45) is 5.92 Å². The number of ether oxygens (including phenoxy) is 2. The smallest absolute Gasteiger partial charge is 0.125 e. The lowest BCUT2D eigenvalue weighted by molar-refractivity contribution is -0.151. The van der Waals surface area contributed by atoms with Gasteiger partial charge in [0.1, 0.15) is 11.4 Å². The minimum absolute atomic E-state index is 0.0568. The van der Waals surface area contributed by atoms with Crippen LogP contribution in [0.3, 0.4) is 0 Å². The first-order chi connectivity index (χ1) is 13.6. The van der Waals surface area contributed by atoms with Gasteiger partial charge >= 0.3 is 0 Å². The van der Waals surface area contributed by atoms with E-state index in [4.69, 9.17) is 9.47 Å². The maximum atomic E-state index is 6.75. The number of rotatable bonds is 2. The Kier molecular flexibility index (Phi) is 4.25. The van der Waals surface area contributed by atoms with E-state index < -0.39 is 0 Å². The number of fused-ring (bicyclic) bond motifs is 3. The molecule has 3 aromatic rings. The van der Waals surface area contributed by atoms with Gasteiger partial charge in [0, 0.05) is 11.5 Å². The molecule has 28 heavy (non-hydrogen) atoms. The summed E-state index contributed by atoms with van der Waals surface area (Å²) in [5.41, 5.74) is 4.67. The first-order valence-electron chi connectivity index (χ1n) is 10.2. The third kappa shape index (κ3) is 3.02. The maximum absolute atomic E-state index is 6.75. The Morgan fingerprint density at radius 3 is 2.25 bits per heavy atom. The SMILES string of the molecule is CC1(C)Oc2ccc(-c3ccccc3)cc2[C@H]2O[C@@H](c3ccccc3)CC[C@@H]21. The lowest BCUT2D eigenvalue weighted by Gasteiger charge is -2.49. The summed E-state index contributed by atoms with van der Waals surface area (Å²) in [5, 5.41) is 0. The standard InChI is InChI=1S/C26H26O2/c1-26(2)22-14-16-23(19-11-7-4-8-12-19)27-25(22)21-17-20(13-15-24(21)28-26)18-9-5-3-6-10-18/h3-13,15,17,22-23,25H,14,16H2,1-2H3/t22-,23+,25+/m0/s1. The molecule has 0 radical (unpaired) electrons. The molecular weight excluding hydrogens is 344 g/mol. The fourth-order valence-electron chi connectivity index (χ4n) is 4.77. The molecule has 0 saturated carbocycles. The fourth-order valence-corrected chi connectivity index (χ4v) is 4.77. The van der Waals surface area contributed by atoms with Crippen molar-refractivity contribution in [1.29, 1.82) is 0 Å². The van der Waals surface area contributed by atoms with Crippen molar-refractivity contribution >= 4 is 0 Å². The second kappa shape index (κ2) is 6.79.